The Hall–Kier alpha value is -1.00. The molecule has 2 rings (SSSR count). The van der Waals surface area contributed by atoms with Crippen LogP contribution < -0.4 is 5.32 Å². The van der Waals surface area contributed by atoms with Crippen LogP contribution in [0.5, 0.6) is 0 Å². The first-order valence-corrected chi connectivity index (χ1v) is 7.07. The fraction of sp³-hybridized carbons (Fsp3) is 0.600. The molecule has 1 aromatic carbocycles. The summed E-state index contributed by atoms with van der Waals surface area (Å²) in [5.74, 6) is -0.736. The van der Waals surface area contributed by atoms with Crippen LogP contribution in [0.4, 0.5) is 8.78 Å². The highest BCUT2D eigenvalue weighted by Crippen LogP contribution is 2.17. The first-order chi connectivity index (χ1) is 9.16. The highest BCUT2D eigenvalue weighted by molar-refractivity contribution is 5.21. The summed E-state index contributed by atoms with van der Waals surface area (Å²) in [4.78, 5) is 2.42. The van der Waals surface area contributed by atoms with Crippen molar-refractivity contribution in [2.75, 3.05) is 26.2 Å². The molecule has 0 bridgehead atoms. The summed E-state index contributed by atoms with van der Waals surface area (Å²) in [6.07, 6.45) is 3.87. The van der Waals surface area contributed by atoms with E-state index in [-0.39, 0.29) is 17.7 Å². The minimum absolute atomic E-state index is 0.166. The van der Waals surface area contributed by atoms with E-state index in [1.54, 1.807) is 0 Å². The van der Waals surface area contributed by atoms with Gasteiger partial charge in [0.05, 0.1) is 0 Å². The van der Waals surface area contributed by atoms with Crippen LogP contribution in [0.15, 0.2) is 18.2 Å². The van der Waals surface area contributed by atoms with Gasteiger partial charge in [-0.15, -0.1) is 0 Å². The number of likely N-dealkylation sites (tertiary alicyclic amines) is 1. The summed E-state index contributed by atoms with van der Waals surface area (Å²) in [6, 6.07) is 3.45. The van der Waals surface area contributed by atoms with E-state index in [2.05, 4.69) is 10.2 Å². The number of nitrogens with one attached hydrogen (secondary N) is 1. The van der Waals surface area contributed by atoms with Gasteiger partial charge in [0.15, 0.2) is 0 Å². The number of halogens is 2. The molecule has 1 atom stereocenters. The van der Waals surface area contributed by atoms with E-state index in [9.17, 15) is 8.78 Å². The Kier molecular flexibility index (Phi) is 5.28. The van der Waals surface area contributed by atoms with Crippen molar-refractivity contribution >= 4 is 0 Å². The molecular formula is C15H22F2N2. The van der Waals surface area contributed by atoms with Crippen molar-refractivity contribution in [1.82, 2.24) is 10.2 Å². The van der Waals surface area contributed by atoms with E-state index >= 15 is 0 Å². The lowest BCUT2D eigenvalue weighted by molar-refractivity contribution is 0.226. The summed E-state index contributed by atoms with van der Waals surface area (Å²) < 4.78 is 26.7. The number of hydrogen-bond donors (Lipinski definition) is 1. The number of nitrogens with zero attached hydrogens (tertiary/aromatic N) is 1. The molecule has 1 aromatic rings. The van der Waals surface area contributed by atoms with Crippen LogP contribution in [0.3, 0.4) is 0 Å². The van der Waals surface area contributed by atoms with Gasteiger partial charge in [0, 0.05) is 24.7 Å². The Morgan fingerprint density at radius 3 is 2.68 bits per heavy atom. The molecule has 1 heterocycles. The molecule has 2 nitrogen and oxygen atoms in total. The zero-order valence-corrected chi connectivity index (χ0v) is 11.5. The van der Waals surface area contributed by atoms with Crippen LogP contribution in [-0.4, -0.2) is 31.1 Å². The largest absolute Gasteiger partial charge is 0.309 e. The minimum atomic E-state index is -0.388. The molecule has 0 aromatic heterocycles. The van der Waals surface area contributed by atoms with E-state index in [1.165, 1.54) is 31.4 Å². The fourth-order valence-corrected chi connectivity index (χ4v) is 2.58. The Labute approximate surface area is 113 Å². The Morgan fingerprint density at radius 1 is 1.21 bits per heavy atom. The van der Waals surface area contributed by atoms with Crippen molar-refractivity contribution < 1.29 is 8.78 Å². The number of rotatable bonds is 5. The smallest absolute Gasteiger partial charge is 0.128 e. The molecule has 1 unspecified atom stereocenters. The van der Waals surface area contributed by atoms with Gasteiger partial charge in [-0.25, -0.2) is 8.78 Å². The van der Waals surface area contributed by atoms with E-state index in [0.29, 0.717) is 5.56 Å². The standard InChI is InChI=1S/C15H22F2N2/c1-12(14-11-13(16)5-6-15(14)17)18-7-10-19-8-3-2-4-9-19/h5-6,11-12,18H,2-4,7-10H2,1H3. The molecule has 0 saturated carbocycles. The molecule has 4 heteroatoms. The Balaban J connectivity index is 1.80. The van der Waals surface area contributed by atoms with Gasteiger partial charge >= 0.3 is 0 Å². The highest BCUT2D eigenvalue weighted by atomic mass is 19.1. The maximum atomic E-state index is 13.6. The van der Waals surface area contributed by atoms with Gasteiger partial charge in [0.1, 0.15) is 11.6 Å². The van der Waals surface area contributed by atoms with E-state index in [1.807, 2.05) is 6.92 Å². The number of hydrogen-bond acceptors (Lipinski definition) is 2. The van der Waals surface area contributed by atoms with Crippen LogP contribution in [-0.2, 0) is 0 Å². The molecule has 1 N–H and O–H groups in total. The van der Waals surface area contributed by atoms with Crippen molar-refractivity contribution in [2.45, 2.75) is 32.2 Å². The fourth-order valence-electron chi connectivity index (χ4n) is 2.58. The molecule has 19 heavy (non-hydrogen) atoms. The summed E-state index contributed by atoms with van der Waals surface area (Å²) in [5.41, 5.74) is 0.402. The first kappa shape index (κ1) is 14.4. The van der Waals surface area contributed by atoms with Gasteiger partial charge in [-0.05, 0) is 51.1 Å². The maximum Gasteiger partial charge on any atom is 0.128 e. The second-order valence-corrected chi connectivity index (χ2v) is 5.24. The zero-order chi connectivity index (χ0) is 13.7. The number of piperidine rings is 1. The topological polar surface area (TPSA) is 15.3 Å². The van der Waals surface area contributed by atoms with Crippen molar-refractivity contribution in [1.29, 1.82) is 0 Å². The quantitative estimate of drug-likeness (QED) is 0.882. The average molecular weight is 268 g/mol. The summed E-state index contributed by atoms with van der Waals surface area (Å²) in [7, 11) is 0. The van der Waals surface area contributed by atoms with Crippen molar-refractivity contribution in [3.05, 3.63) is 35.4 Å². The van der Waals surface area contributed by atoms with Gasteiger partial charge in [-0.1, -0.05) is 6.42 Å². The first-order valence-electron chi connectivity index (χ1n) is 7.07. The predicted octanol–water partition coefficient (Wildman–Crippen LogP) is 3.10. The lowest BCUT2D eigenvalue weighted by Gasteiger charge is -2.27. The molecule has 0 aliphatic carbocycles. The molecule has 106 valence electrons. The van der Waals surface area contributed by atoms with Gasteiger partial charge in [-0.3, -0.25) is 0 Å². The van der Waals surface area contributed by atoms with Crippen molar-refractivity contribution in [3.8, 4) is 0 Å². The summed E-state index contributed by atoms with van der Waals surface area (Å²) >= 11 is 0. The third-order valence-electron chi connectivity index (χ3n) is 3.75. The van der Waals surface area contributed by atoms with Crippen molar-refractivity contribution in [3.63, 3.8) is 0 Å². The average Bonchev–Trinajstić information content (AvgIpc) is 2.42. The zero-order valence-electron chi connectivity index (χ0n) is 11.5. The van der Waals surface area contributed by atoms with Gasteiger partial charge in [0.25, 0.3) is 0 Å². The lowest BCUT2D eigenvalue weighted by atomic mass is 10.1. The molecule has 1 fully saturated rings. The van der Waals surface area contributed by atoms with Crippen molar-refractivity contribution in [2.24, 2.45) is 0 Å². The van der Waals surface area contributed by atoms with Crippen LogP contribution in [0.2, 0.25) is 0 Å². The van der Waals surface area contributed by atoms with Gasteiger partial charge in [-0.2, -0.15) is 0 Å². The maximum absolute atomic E-state index is 13.6. The van der Waals surface area contributed by atoms with E-state index < -0.39 is 0 Å². The molecule has 1 saturated heterocycles. The molecule has 1 aliphatic heterocycles. The second-order valence-electron chi connectivity index (χ2n) is 5.24. The van der Waals surface area contributed by atoms with Gasteiger partial charge < -0.3 is 10.2 Å². The Morgan fingerprint density at radius 2 is 1.95 bits per heavy atom. The SMILES string of the molecule is CC(NCCN1CCCCC1)c1cc(F)ccc1F. The van der Waals surface area contributed by atoms with E-state index in [4.69, 9.17) is 0 Å². The van der Waals surface area contributed by atoms with Crippen LogP contribution >= 0.6 is 0 Å². The van der Waals surface area contributed by atoms with Crippen LogP contribution in [0.1, 0.15) is 37.8 Å². The Bertz CT molecular complexity index is 403. The molecule has 0 spiro atoms. The highest BCUT2D eigenvalue weighted by Gasteiger charge is 2.13. The number of benzene rings is 1. The minimum Gasteiger partial charge on any atom is -0.309 e. The van der Waals surface area contributed by atoms with Crippen LogP contribution in [0, 0.1) is 11.6 Å². The summed E-state index contributed by atoms with van der Waals surface area (Å²) in [6.45, 7) is 5.96. The third kappa shape index (κ3) is 4.25. The van der Waals surface area contributed by atoms with Gasteiger partial charge in [0.2, 0.25) is 0 Å². The molecule has 0 radical (unpaired) electrons. The molecular weight excluding hydrogens is 246 g/mol. The summed E-state index contributed by atoms with van der Waals surface area (Å²) in [5, 5.41) is 3.27. The normalized spacial score (nSPS) is 18.5. The molecule has 1 aliphatic rings. The molecule has 0 amide bonds. The van der Waals surface area contributed by atoms with E-state index in [0.717, 1.165) is 32.2 Å². The lowest BCUT2D eigenvalue weighted by Crippen LogP contribution is -2.36. The predicted molar refractivity (Wildman–Crippen MR) is 73.1 cm³/mol. The second kappa shape index (κ2) is 6.96. The van der Waals surface area contributed by atoms with Crippen LogP contribution in [0.25, 0.3) is 0 Å². The monoisotopic (exact) mass is 268 g/mol. The third-order valence-corrected chi connectivity index (χ3v) is 3.75.